The quantitative estimate of drug-likeness (QED) is 0.395. The normalized spacial score (nSPS) is 11.4. The number of carbonyl (C=O) groups is 1. The molecule has 1 N–H and O–H groups in total. The van der Waals surface area contributed by atoms with Crippen molar-refractivity contribution in [2.24, 2.45) is 7.05 Å². The van der Waals surface area contributed by atoms with Gasteiger partial charge in [-0.15, -0.1) is 0 Å². The van der Waals surface area contributed by atoms with Crippen LogP contribution in [-0.4, -0.2) is 37.1 Å². The second-order valence-electron chi connectivity index (χ2n) is 7.85. The number of benzene rings is 1. The molecule has 1 aromatic carbocycles. The lowest BCUT2D eigenvalue weighted by atomic mass is 10.0. The molecule has 0 aliphatic rings. The van der Waals surface area contributed by atoms with E-state index in [1.165, 1.54) is 13.2 Å². The van der Waals surface area contributed by atoms with Gasteiger partial charge in [0, 0.05) is 30.4 Å². The number of allylic oxidation sites excluding steroid dienone is 1. The smallest absolute Gasteiger partial charge is 0.333 e. The van der Waals surface area contributed by atoms with Gasteiger partial charge in [0.2, 0.25) is 11.8 Å². The molecule has 9 heteroatoms. The molecule has 0 saturated heterocycles. The zero-order valence-electron chi connectivity index (χ0n) is 19.4. The van der Waals surface area contributed by atoms with E-state index in [-0.39, 0.29) is 11.6 Å². The van der Waals surface area contributed by atoms with E-state index in [1.54, 1.807) is 66.0 Å². The second-order valence-corrected chi connectivity index (χ2v) is 7.85. The van der Waals surface area contributed by atoms with Crippen LogP contribution < -0.4 is 15.7 Å². The molecule has 0 aliphatic carbocycles. The Morgan fingerprint density at radius 3 is 2.63 bits per heavy atom. The number of ether oxygens (including phenoxy) is 1. The van der Waals surface area contributed by atoms with Crippen molar-refractivity contribution < 1.29 is 9.53 Å². The molecule has 0 saturated carbocycles. The Bertz CT molecular complexity index is 1670. The highest BCUT2D eigenvalue weighted by atomic mass is 16.5. The van der Waals surface area contributed by atoms with Crippen LogP contribution >= 0.6 is 0 Å². The summed E-state index contributed by atoms with van der Waals surface area (Å²) >= 11 is 0. The second kappa shape index (κ2) is 8.86. The maximum Gasteiger partial charge on any atom is 0.333 e. The number of pyridine rings is 3. The lowest BCUT2D eigenvalue weighted by molar-refractivity contribution is -0.111. The van der Waals surface area contributed by atoms with Crippen molar-refractivity contribution >= 4 is 33.7 Å². The molecular formula is C26H22N6O3. The fourth-order valence-corrected chi connectivity index (χ4v) is 4.07. The number of rotatable bonds is 5. The maximum absolute atomic E-state index is 13.3. The summed E-state index contributed by atoms with van der Waals surface area (Å²) in [5.41, 5.74) is 4.21. The zero-order chi connectivity index (χ0) is 24.5. The largest absolute Gasteiger partial charge is 0.479 e. The molecule has 5 rings (SSSR count). The van der Waals surface area contributed by atoms with Crippen molar-refractivity contribution in [2.45, 2.75) is 6.92 Å². The molecule has 174 valence electrons. The van der Waals surface area contributed by atoms with Crippen molar-refractivity contribution in [1.29, 1.82) is 0 Å². The van der Waals surface area contributed by atoms with Gasteiger partial charge in [-0.3, -0.25) is 18.9 Å². The van der Waals surface area contributed by atoms with Crippen LogP contribution in [0.4, 0.5) is 5.82 Å². The third-order valence-corrected chi connectivity index (χ3v) is 5.73. The number of nitrogens with one attached hydrogen (secondary N) is 1. The van der Waals surface area contributed by atoms with Crippen molar-refractivity contribution in [3.05, 3.63) is 83.7 Å². The first-order chi connectivity index (χ1) is 17.0. The maximum atomic E-state index is 13.3. The molecular weight excluding hydrogens is 444 g/mol. The number of hydrogen-bond acceptors (Lipinski definition) is 6. The SMILES string of the molecule is C/C=C/C(=O)Nc1ccc(-c2ccc3ncc4c(c3c2)n(-c2cccnc2OC)c(=O)n4C)cn1. The number of nitrogens with zero attached hydrogens (tertiary/aromatic N) is 5. The number of carbonyl (C=O) groups excluding carboxylic acids is 1. The van der Waals surface area contributed by atoms with Gasteiger partial charge >= 0.3 is 5.69 Å². The molecule has 0 radical (unpaired) electrons. The molecule has 0 unspecified atom stereocenters. The molecule has 0 spiro atoms. The predicted octanol–water partition coefficient (Wildman–Crippen LogP) is 3.86. The summed E-state index contributed by atoms with van der Waals surface area (Å²) in [6.45, 7) is 1.78. The summed E-state index contributed by atoms with van der Waals surface area (Å²) in [6.07, 6.45) is 8.11. The van der Waals surface area contributed by atoms with Crippen molar-refractivity contribution in [2.75, 3.05) is 12.4 Å². The molecule has 9 nitrogen and oxygen atoms in total. The fraction of sp³-hybridized carbons (Fsp3) is 0.115. The highest BCUT2D eigenvalue weighted by molar-refractivity contribution is 6.05. The van der Waals surface area contributed by atoms with E-state index in [4.69, 9.17) is 4.74 Å². The Hall–Kier alpha value is -4.79. The Kier molecular flexibility index (Phi) is 5.58. The Labute approximate surface area is 200 Å². The number of hydrogen-bond donors (Lipinski definition) is 1. The zero-order valence-corrected chi connectivity index (χ0v) is 19.4. The van der Waals surface area contributed by atoms with Gasteiger partial charge in [0.25, 0.3) is 0 Å². The van der Waals surface area contributed by atoms with Crippen LogP contribution in [0, 0.1) is 0 Å². The number of amides is 1. The molecule has 4 aromatic heterocycles. The molecule has 1 amide bonds. The Morgan fingerprint density at radius 2 is 1.89 bits per heavy atom. The van der Waals surface area contributed by atoms with Gasteiger partial charge in [-0.05, 0) is 55.0 Å². The summed E-state index contributed by atoms with van der Waals surface area (Å²) in [5, 5.41) is 3.52. The third kappa shape index (κ3) is 3.82. The minimum absolute atomic E-state index is 0.228. The predicted molar refractivity (Wildman–Crippen MR) is 135 cm³/mol. The van der Waals surface area contributed by atoms with E-state index >= 15 is 0 Å². The van der Waals surface area contributed by atoms with Crippen LogP contribution in [0.3, 0.4) is 0 Å². The molecule has 35 heavy (non-hydrogen) atoms. The number of fused-ring (bicyclic) bond motifs is 3. The molecule has 5 aromatic rings. The van der Waals surface area contributed by atoms with Gasteiger partial charge in [0.15, 0.2) is 0 Å². The molecule has 0 atom stereocenters. The highest BCUT2D eigenvalue weighted by Crippen LogP contribution is 2.31. The summed E-state index contributed by atoms with van der Waals surface area (Å²) in [6, 6.07) is 13.0. The van der Waals surface area contributed by atoms with E-state index in [9.17, 15) is 9.59 Å². The van der Waals surface area contributed by atoms with Crippen molar-refractivity contribution in [3.63, 3.8) is 0 Å². The highest BCUT2D eigenvalue weighted by Gasteiger charge is 2.19. The summed E-state index contributed by atoms with van der Waals surface area (Å²) in [5.74, 6) is 0.574. The first-order valence-corrected chi connectivity index (χ1v) is 10.9. The van der Waals surface area contributed by atoms with E-state index < -0.39 is 0 Å². The fourth-order valence-electron chi connectivity index (χ4n) is 4.07. The van der Waals surface area contributed by atoms with Crippen LogP contribution in [0.25, 0.3) is 38.8 Å². The van der Waals surface area contributed by atoms with E-state index in [2.05, 4.69) is 20.3 Å². The average molecular weight is 467 g/mol. The van der Waals surface area contributed by atoms with Gasteiger partial charge in [-0.25, -0.2) is 14.8 Å². The van der Waals surface area contributed by atoms with Gasteiger partial charge in [-0.1, -0.05) is 12.1 Å². The third-order valence-electron chi connectivity index (χ3n) is 5.73. The monoisotopic (exact) mass is 466 g/mol. The number of aryl methyl sites for hydroxylation is 1. The number of imidazole rings is 1. The van der Waals surface area contributed by atoms with Gasteiger partial charge in [-0.2, -0.15) is 0 Å². The molecule has 4 heterocycles. The van der Waals surface area contributed by atoms with Crippen LogP contribution in [-0.2, 0) is 11.8 Å². The minimum Gasteiger partial charge on any atom is -0.479 e. The summed E-state index contributed by atoms with van der Waals surface area (Å²) in [7, 11) is 3.24. The number of aromatic nitrogens is 5. The van der Waals surface area contributed by atoms with Gasteiger partial charge < -0.3 is 10.1 Å². The Morgan fingerprint density at radius 1 is 1.06 bits per heavy atom. The number of methoxy groups -OCH3 is 1. The van der Waals surface area contributed by atoms with Crippen LogP contribution in [0.5, 0.6) is 5.88 Å². The van der Waals surface area contributed by atoms with E-state index in [1.807, 2.05) is 24.3 Å². The van der Waals surface area contributed by atoms with Gasteiger partial charge in [0.1, 0.15) is 11.5 Å². The topological polar surface area (TPSA) is 104 Å². The number of anilines is 1. The first kappa shape index (κ1) is 22.0. The first-order valence-electron chi connectivity index (χ1n) is 10.9. The summed E-state index contributed by atoms with van der Waals surface area (Å²) < 4.78 is 8.60. The van der Waals surface area contributed by atoms with Crippen LogP contribution in [0.2, 0.25) is 0 Å². The van der Waals surface area contributed by atoms with Crippen LogP contribution in [0.1, 0.15) is 6.92 Å². The lowest BCUT2D eigenvalue weighted by Gasteiger charge is -2.10. The standard InChI is InChI=1S/C26H22N6O3/c1-4-6-23(33)30-22-11-9-17(14-29-22)16-8-10-19-18(13-16)24-21(15-28-19)31(2)26(34)32(24)20-7-5-12-27-25(20)35-3/h4-15H,1-3H3,(H,29,30,33)/b6-4+. The summed E-state index contributed by atoms with van der Waals surface area (Å²) in [4.78, 5) is 38.3. The lowest BCUT2D eigenvalue weighted by Crippen LogP contribution is -2.21. The van der Waals surface area contributed by atoms with Crippen LogP contribution in [0.15, 0.2) is 78.0 Å². The van der Waals surface area contributed by atoms with Gasteiger partial charge in [0.05, 0.1) is 29.9 Å². The molecule has 0 fully saturated rings. The van der Waals surface area contributed by atoms with E-state index in [0.29, 0.717) is 28.4 Å². The van der Waals surface area contributed by atoms with E-state index in [0.717, 1.165) is 22.0 Å². The average Bonchev–Trinajstić information content (AvgIpc) is 3.14. The Balaban J connectivity index is 1.69. The molecule has 0 aliphatic heterocycles. The minimum atomic E-state index is -0.236. The van der Waals surface area contributed by atoms with Crippen molar-refractivity contribution in [3.8, 4) is 22.7 Å². The van der Waals surface area contributed by atoms with Crippen molar-refractivity contribution in [1.82, 2.24) is 24.1 Å². The molecule has 0 bridgehead atoms.